The molecular formula is C23H28N2O2. The Morgan fingerprint density at radius 3 is 2.22 bits per heavy atom. The topological polar surface area (TPSA) is 32.8 Å². The van der Waals surface area contributed by atoms with E-state index >= 15 is 0 Å². The van der Waals surface area contributed by atoms with Gasteiger partial charge in [-0.1, -0.05) is 67.2 Å². The van der Waals surface area contributed by atoms with Gasteiger partial charge in [0.2, 0.25) is 0 Å². The van der Waals surface area contributed by atoms with Gasteiger partial charge in [-0.3, -0.25) is 4.90 Å². The highest BCUT2D eigenvalue weighted by molar-refractivity contribution is 5.68. The van der Waals surface area contributed by atoms with Crippen LogP contribution in [-0.2, 0) is 4.74 Å². The summed E-state index contributed by atoms with van der Waals surface area (Å²) < 4.78 is 5.11. The van der Waals surface area contributed by atoms with Crippen LogP contribution in [0.25, 0.3) is 0 Å². The van der Waals surface area contributed by atoms with Crippen molar-refractivity contribution in [3.63, 3.8) is 0 Å². The molecule has 27 heavy (non-hydrogen) atoms. The minimum atomic E-state index is -0.330. The van der Waals surface area contributed by atoms with Gasteiger partial charge in [0.25, 0.3) is 0 Å². The van der Waals surface area contributed by atoms with Gasteiger partial charge in [-0.2, -0.15) is 0 Å². The van der Waals surface area contributed by atoms with Crippen LogP contribution in [0.4, 0.5) is 4.79 Å². The van der Waals surface area contributed by atoms with Crippen molar-refractivity contribution in [1.29, 1.82) is 0 Å². The fourth-order valence-electron chi connectivity index (χ4n) is 3.82. The third-order valence-corrected chi connectivity index (χ3v) is 5.02. The Bertz CT molecular complexity index is 721. The predicted octanol–water partition coefficient (Wildman–Crippen LogP) is 4.70. The molecule has 1 heterocycles. The highest BCUT2D eigenvalue weighted by Crippen LogP contribution is 2.33. The summed E-state index contributed by atoms with van der Waals surface area (Å²) in [5.41, 5.74) is 2.61. The highest BCUT2D eigenvalue weighted by atomic mass is 16.6. The SMILES string of the molecule is C=C(C)OC(=O)N(C)CC1CCN(C(c2ccccc2)c2ccccc2)C1. The number of likely N-dealkylation sites (tertiary alicyclic amines) is 1. The second-order valence-corrected chi connectivity index (χ2v) is 7.32. The molecule has 142 valence electrons. The lowest BCUT2D eigenvalue weighted by Crippen LogP contribution is -2.34. The third-order valence-electron chi connectivity index (χ3n) is 5.02. The van der Waals surface area contributed by atoms with Crippen LogP contribution in [0.2, 0.25) is 0 Å². The molecule has 1 aliphatic rings. The third kappa shape index (κ3) is 4.98. The van der Waals surface area contributed by atoms with E-state index in [1.807, 2.05) is 0 Å². The molecule has 2 aromatic carbocycles. The zero-order chi connectivity index (χ0) is 19.2. The first kappa shape index (κ1) is 19.2. The van der Waals surface area contributed by atoms with Gasteiger partial charge in [-0.15, -0.1) is 0 Å². The molecule has 1 amide bonds. The van der Waals surface area contributed by atoms with Crippen LogP contribution in [0.15, 0.2) is 73.0 Å². The van der Waals surface area contributed by atoms with Gasteiger partial charge in [0.1, 0.15) is 0 Å². The van der Waals surface area contributed by atoms with Crippen molar-refractivity contribution in [2.45, 2.75) is 19.4 Å². The monoisotopic (exact) mass is 364 g/mol. The maximum absolute atomic E-state index is 12.0. The number of allylic oxidation sites excluding steroid dienone is 1. The minimum Gasteiger partial charge on any atom is -0.416 e. The molecule has 4 nitrogen and oxygen atoms in total. The molecule has 0 N–H and O–H groups in total. The quantitative estimate of drug-likeness (QED) is 0.697. The number of nitrogens with zero attached hydrogens (tertiary/aromatic N) is 2. The normalized spacial score (nSPS) is 17.1. The van der Waals surface area contributed by atoms with E-state index < -0.39 is 0 Å². The molecule has 0 spiro atoms. The molecular weight excluding hydrogens is 336 g/mol. The summed E-state index contributed by atoms with van der Waals surface area (Å²) in [7, 11) is 1.79. The molecule has 0 radical (unpaired) electrons. The van der Waals surface area contributed by atoms with E-state index in [0.29, 0.717) is 18.2 Å². The van der Waals surface area contributed by atoms with Crippen LogP contribution in [0.3, 0.4) is 0 Å². The number of hydrogen-bond donors (Lipinski definition) is 0. The Morgan fingerprint density at radius 2 is 1.70 bits per heavy atom. The summed E-state index contributed by atoms with van der Waals surface area (Å²) in [4.78, 5) is 16.2. The Morgan fingerprint density at radius 1 is 1.15 bits per heavy atom. The van der Waals surface area contributed by atoms with Crippen molar-refractivity contribution in [1.82, 2.24) is 9.80 Å². The zero-order valence-corrected chi connectivity index (χ0v) is 16.2. The number of carbonyl (C=O) groups excluding carboxylic acids is 1. The first-order valence-electron chi connectivity index (χ1n) is 9.47. The first-order chi connectivity index (χ1) is 13.0. The lowest BCUT2D eigenvalue weighted by molar-refractivity contribution is 0.132. The lowest BCUT2D eigenvalue weighted by atomic mass is 9.97. The number of hydrogen-bond acceptors (Lipinski definition) is 3. The molecule has 0 bridgehead atoms. The molecule has 0 aromatic heterocycles. The molecule has 2 aromatic rings. The predicted molar refractivity (Wildman–Crippen MR) is 108 cm³/mol. The van der Waals surface area contributed by atoms with E-state index in [0.717, 1.165) is 19.5 Å². The van der Waals surface area contributed by atoms with Crippen LogP contribution in [0.5, 0.6) is 0 Å². The molecule has 3 rings (SSSR count). The Labute approximate surface area is 162 Å². The molecule has 4 heteroatoms. The summed E-state index contributed by atoms with van der Waals surface area (Å²) in [5, 5.41) is 0. The molecule has 1 unspecified atom stereocenters. The summed E-state index contributed by atoms with van der Waals surface area (Å²) in [6.45, 7) is 7.99. The van der Waals surface area contributed by atoms with Crippen molar-refractivity contribution in [2.24, 2.45) is 5.92 Å². The van der Waals surface area contributed by atoms with Crippen LogP contribution >= 0.6 is 0 Å². The number of amides is 1. The van der Waals surface area contributed by atoms with Crippen molar-refractivity contribution < 1.29 is 9.53 Å². The average molecular weight is 364 g/mol. The molecule has 0 saturated carbocycles. The average Bonchev–Trinajstić information content (AvgIpc) is 3.11. The van der Waals surface area contributed by atoms with Gasteiger partial charge in [0.05, 0.1) is 11.8 Å². The van der Waals surface area contributed by atoms with E-state index in [1.54, 1.807) is 18.9 Å². The minimum absolute atomic E-state index is 0.241. The van der Waals surface area contributed by atoms with Crippen molar-refractivity contribution in [3.05, 3.63) is 84.1 Å². The van der Waals surface area contributed by atoms with Gasteiger partial charge in [0.15, 0.2) is 0 Å². The van der Waals surface area contributed by atoms with E-state index in [2.05, 4.69) is 72.1 Å². The summed E-state index contributed by atoms with van der Waals surface area (Å²) in [6, 6.07) is 21.5. The van der Waals surface area contributed by atoms with Crippen LogP contribution in [0.1, 0.15) is 30.5 Å². The summed E-state index contributed by atoms with van der Waals surface area (Å²) in [6.07, 6.45) is 0.740. The van der Waals surface area contributed by atoms with Gasteiger partial charge in [0, 0.05) is 20.1 Å². The first-order valence-corrected chi connectivity index (χ1v) is 9.47. The maximum Gasteiger partial charge on any atom is 0.414 e. The van der Waals surface area contributed by atoms with Crippen molar-refractivity contribution >= 4 is 6.09 Å². The van der Waals surface area contributed by atoms with Gasteiger partial charge < -0.3 is 9.64 Å². The standard InChI is InChI=1S/C23H28N2O2/c1-18(2)27-23(26)24(3)16-19-14-15-25(17-19)22(20-10-6-4-7-11-20)21-12-8-5-9-13-21/h4-13,19,22H,1,14-17H2,2-3H3. The van der Waals surface area contributed by atoms with Crippen LogP contribution in [0, 0.1) is 5.92 Å². The molecule has 1 atom stereocenters. The summed E-state index contributed by atoms with van der Waals surface area (Å²) in [5.74, 6) is 0.857. The van der Waals surface area contributed by atoms with Gasteiger partial charge in [-0.25, -0.2) is 4.79 Å². The zero-order valence-electron chi connectivity index (χ0n) is 16.2. The molecule has 1 saturated heterocycles. The second kappa shape index (κ2) is 8.87. The Kier molecular flexibility index (Phi) is 6.30. The largest absolute Gasteiger partial charge is 0.416 e. The molecule has 0 aliphatic carbocycles. The van der Waals surface area contributed by atoms with Gasteiger partial charge in [-0.05, 0) is 36.9 Å². The van der Waals surface area contributed by atoms with E-state index in [1.165, 1.54) is 11.1 Å². The number of carbonyl (C=O) groups is 1. The number of ether oxygens (including phenoxy) is 1. The van der Waals surface area contributed by atoms with E-state index in [4.69, 9.17) is 4.74 Å². The Balaban J connectivity index is 1.71. The highest BCUT2D eigenvalue weighted by Gasteiger charge is 2.31. The Hall–Kier alpha value is -2.59. The molecule has 1 fully saturated rings. The van der Waals surface area contributed by atoms with Gasteiger partial charge >= 0.3 is 6.09 Å². The maximum atomic E-state index is 12.0. The van der Waals surface area contributed by atoms with E-state index in [-0.39, 0.29) is 12.1 Å². The summed E-state index contributed by atoms with van der Waals surface area (Å²) >= 11 is 0. The number of benzene rings is 2. The number of rotatable bonds is 6. The molecule has 1 aliphatic heterocycles. The second-order valence-electron chi connectivity index (χ2n) is 7.32. The smallest absolute Gasteiger partial charge is 0.414 e. The fraction of sp³-hybridized carbons (Fsp3) is 0.348. The van der Waals surface area contributed by atoms with E-state index in [9.17, 15) is 4.79 Å². The van der Waals surface area contributed by atoms with Crippen molar-refractivity contribution in [3.8, 4) is 0 Å². The lowest BCUT2D eigenvalue weighted by Gasteiger charge is -2.29. The fourth-order valence-corrected chi connectivity index (χ4v) is 3.82. The van der Waals surface area contributed by atoms with Crippen LogP contribution < -0.4 is 0 Å². The van der Waals surface area contributed by atoms with Crippen molar-refractivity contribution in [2.75, 3.05) is 26.7 Å². The van der Waals surface area contributed by atoms with Crippen LogP contribution in [-0.4, -0.2) is 42.6 Å².